The van der Waals surface area contributed by atoms with Gasteiger partial charge < -0.3 is 4.52 Å². The van der Waals surface area contributed by atoms with Gasteiger partial charge in [0.2, 0.25) is 5.89 Å². The third kappa shape index (κ3) is 4.29. The maximum absolute atomic E-state index is 12.0. The lowest BCUT2D eigenvalue weighted by molar-refractivity contribution is -0.128. The van der Waals surface area contributed by atoms with E-state index in [1.54, 1.807) is 6.92 Å². The van der Waals surface area contributed by atoms with Crippen LogP contribution in [0.1, 0.15) is 25.1 Å². The number of aromatic nitrogens is 2. The Morgan fingerprint density at radius 3 is 2.75 bits per heavy atom. The summed E-state index contributed by atoms with van der Waals surface area (Å²) < 4.78 is 40.6. The highest BCUT2D eigenvalue weighted by Gasteiger charge is 2.30. The van der Waals surface area contributed by atoms with E-state index < -0.39 is 12.6 Å². The summed E-state index contributed by atoms with van der Waals surface area (Å²) in [6, 6.07) is 1.96. The zero-order valence-electron chi connectivity index (χ0n) is 8.58. The predicted molar refractivity (Wildman–Crippen MR) is 47.2 cm³/mol. The van der Waals surface area contributed by atoms with Crippen LogP contribution in [0.2, 0.25) is 0 Å². The van der Waals surface area contributed by atoms with Gasteiger partial charge in [0.15, 0.2) is 5.82 Å². The molecule has 0 saturated carbocycles. The lowest BCUT2D eigenvalue weighted by atomic mass is 10.1. The molecule has 1 unspecified atom stereocenters. The van der Waals surface area contributed by atoms with Gasteiger partial charge in [-0.1, -0.05) is 12.1 Å². The van der Waals surface area contributed by atoms with Gasteiger partial charge in [0.05, 0.1) is 6.07 Å². The molecule has 1 atom stereocenters. The topological polar surface area (TPSA) is 62.7 Å². The van der Waals surface area contributed by atoms with Gasteiger partial charge in [0, 0.05) is 12.8 Å². The largest absolute Gasteiger partial charge is 0.396 e. The number of rotatable bonds is 4. The molecular weight excluding hydrogens is 223 g/mol. The fraction of sp³-hybridized carbons (Fsp3) is 0.667. The van der Waals surface area contributed by atoms with Gasteiger partial charge in [-0.25, -0.2) is 0 Å². The average Bonchev–Trinajstić information content (AvgIpc) is 2.49. The minimum Gasteiger partial charge on any atom is -0.339 e. The summed E-state index contributed by atoms with van der Waals surface area (Å²) in [6.07, 6.45) is -4.90. The van der Waals surface area contributed by atoms with Crippen LogP contribution in [0, 0.1) is 17.2 Å². The molecule has 0 aliphatic heterocycles. The summed E-state index contributed by atoms with van der Waals surface area (Å²) in [5.41, 5.74) is 0. The molecule has 0 bridgehead atoms. The monoisotopic (exact) mass is 233 g/mol. The molecule has 1 aromatic heterocycles. The van der Waals surface area contributed by atoms with Crippen molar-refractivity contribution in [2.75, 3.05) is 0 Å². The van der Waals surface area contributed by atoms with Crippen LogP contribution in [-0.4, -0.2) is 16.3 Å². The number of alkyl halides is 3. The van der Waals surface area contributed by atoms with E-state index in [4.69, 9.17) is 5.26 Å². The van der Waals surface area contributed by atoms with Crippen molar-refractivity contribution in [2.24, 2.45) is 5.92 Å². The van der Waals surface area contributed by atoms with Crippen LogP contribution < -0.4 is 0 Å². The van der Waals surface area contributed by atoms with E-state index >= 15 is 0 Å². The fourth-order valence-electron chi connectivity index (χ4n) is 1.15. The van der Waals surface area contributed by atoms with E-state index in [0.717, 1.165) is 0 Å². The first kappa shape index (κ1) is 12.5. The van der Waals surface area contributed by atoms with Crippen LogP contribution in [-0.2, 0) is 12.8 Å². The zero-order chi connectivity index (χ0) is 12.2. The smallest absolute Gasteiger partial charge is 0.339 e. The number of nitriles is 1. The van der Waals surface area contributed by atoms with Crippen molar-refractivity contribution in [2.45, 2.75) is 32.4 Å². The van der Waals surface area contributed by atoms with Crippen LogP contribution >= 0.6 is 0 Å². The van der Waals surface area contributed by atoms with Crippen molar-refractivity contribution in [3.63, 3.8) is 0 Å². The molecule has 1 rings (SSSR count). The van der Waals surface area contributed by atoms with Gasteiger partial charge in [0.25, 0.3) is 0 Å². The third-order valence-electron chi connectivity index (χ3n) is 1.83. The van der Waals surface area contributed by atoms with Gasteiger partial charge in [0.1, 0.15) is 6.42 Å². The predicted octanol–water partition coefficient (Wildman–Crippen LogP) is 2.27. The Morgan fingerprint density at radius 2 is 2.19 bits per heavy atom. The second-order valence-corrected chi connectivity index (χ2v) is 3.57. The SMILES string of the molecule is CC(CC#N)Cc1nc(CC(F)(F)F)no1. The van der Waals surface area contributed by atoms with E-state index in [1.165, 1.54) is 0 Å². The highest BCUT2D eigenvalue weighted by Crippen LogP contribution is 2.20. The maximum atomic E-state index is 12.0. The molecule has 4 nitrogen and oxygen atoms in total. The highest BCUT2D eigenvalue weighted by molar-refractivity contribution is 4.90. The van der Waals surface area contributed by atoms with Crippen LogP contribution in [0.15, 0.2) is 4.52 Å². The van der Waals surface area contributed by atoms with Crippen molar-refractivity contribution in [1.29, 1.82) is 5.26 Å². The molecule has 0 spiro atoms. The number of hydrogen-bond donors (Lipinski definition) is 0. The minimum absolute atomic E-state index is 0.0100. The lowest BCUT2D eigenvalue weighted by Crippen LogP contribution is -2.12. The van der Waals surface area contributed by atoms with Crippen molar-refractivity contribution in [3.05, 3.63) is 11.7 Å². The van der Waals surface area contributed by atoms with Gasteiger partial charge in [-0.15, -0.1) is 0 Å². The molecule has 88 valence electrons. The average molecular weight is 233 g/mol. The molecule has 0 N–H and O–H groups in total. The standard InChI is InChI=1S/C9H10F3N3O/c1-6(2-3-13)4-8-14-7(15-16-8)5-9(10,11)12/h6H,2,4-5H2,1H3. The van der Waals surface area contributed by atoms with Gasteiger partial charge in [-0.3, -0.25) is 0 Å². The van der Waals surface area contributed by atoms with Gasteiger partial charge in [-0.05, 0) is 5.92 Å². The Hall–Kier alpha value is -1.58. The summed E-state index contributed by atoms with van der Waals surface area (Å²) >= 11 is 0. The molecular formula is C9H10F3N3O. The maximum Gasteiger partial charge on any atom is 0.396 e. The molecule has 0 aromatic carbocycles. The molecule has 0 amide bonds. The minimum atomic E-state index is -4.33. The quantitative estimate of drug-likeness (QED) is 0.800. The molecule has 0 aliphatic carbocycles. The normalized spacial score (nSPS) is 13.4. The second kappa shape index (κ2) is 4.96. The van der Waals surface area contributed by atoms with Crippen LogP contribution in [0.5, 0.6) is 0 Å². The molecule has 0 saturated heterocycles. The van der Waals surface area contributed by atoms with Crippen LogP contribution in [0.25, 0.3) is 0 Å². The molecule has 0 aliphatic rings. The fourth-order valence-corrected chi connectivity index (χ4v) is 1.15. The van der Waals surface area contributed by atoms with E-state index in [1.807, 2.05) is 6.07 Å². The Morgan fingerprint density at radius 1 is 1.50 bits per heavy atom. The molecule has 0 fully saturated rings. The number of halogens is 3. The lowest BCUT2D eigenvalue weighted by Gasteiger charge is -2.01. The summed E-state index contributed by atoms with van der Waals surface area (Å²) in [5.74, 6) is -0.238. The Kier molecular flexibility index (Phi) is 3.88. The molecule has 1 heterocycles. The Bertz CT molecular complexity index is 380. The van der Waals surface area contributed by atoms with Crippen LogP contribution in [0.4, 0.5) is 13.2 Å². The number of hydrogen-bond acceptors (Lipinski definition) is 4. The van der Waals surface area contributed by atoms with E-state index in [9.17, 15) is 13.2 Å². The van der Waals surface area contributed by atoms with Crippen molar-refractivity contribution in [3.8, 4) is 6.07 Å². The zero-order valence-corrected chi connectivity index (χ0v) is 8.58. The molecule has 1 aromatic rings. The van der Waals surface area contributed by atoms with E-state index in [0.29, 0.717) is 12.8 Å². The molecule has 0 radical (unpaired) electrons. The van der Waals surface area contributed by atoms with Crippen molar-refractivity contribution in [1.82, 2.24) is 10.1 Å². The third-order valence-corrected chi connectivity index (χ3v) is 1.83. The highest BCUT2D eigenvalue weighted by atomic mass is 19.4. The van der Waals surface area contributed by atoms with Crippen molar-refractivity contribution < 1.29 is 17.7 Å². The van der Waals surface area contributed by atoms with Gasteiger partial charge >= 0.3 is 6.18 Å². The summed E-state index contributed by atoms with van der Waals surface area (Å²) in [4.78, 5) is 3.61. The summed E-state index contributed by atoms with van der Waals surface area (Å²) in [5, 5.41) is 11.6. The Balaban J connectivity index is 2.55. The van der Waals surface area contributed by atoms with E-state index in [-0.39, 0.29) is 17.6 Å². The van der Waals surface area contributed by atoms with E-state index in [2.05, 4.69) is 14.7 Å². The number of nitrogens with zero attached hydrogens (tertiary/aromatic N) is 3. The first-order valence-corrected chi connectivity index (χ1v) is 4.66. The summed E-state index contributed by atoms with van der Waals surface area (Å²) in [7, 11) is 0. The van der Waals surface area contributed by atoms with Gasteiger partial charge in [-0.2, -0.15) is 23.4 Å². The molecule has 16 heavy (non-hydrogen) atoms. The first-order valence-electron chi connectivity index (χ1n) is 4.66. The van der Waals surface area contributed by atoms with Crippen LogP contribution in [0.3, 0.4) is 0 Å². The molecule has 7 heteroatoms. The first-order chi connectivity index (χ1) is 7.40. The van der Waals surface area contributed by atoms with Crippen molar-refractivity contribution >= 4 is 0 Å². The second-order valence-electron chi connectivity index (χ2n) is 3.57. The summed E-state index contributed by atoms with van der Waals surface area (Å²) in [6.45, 7) is 1.79. The Labute approximate surface area is 90.1 Å².